The number of nitrogens with zero attached hydrogens (tertiary/aromatic N) is 2. The maximum absolute atomic E-state index is 11.1. The summed E-state index contributed by atoms with van der Waals surface area (Å²) in [5.74, 6) is -1.52. The second kappa shape index (κ2) is 3.67. The van der Waals surface area contributed by atoms with Crippen LogP contribution in [-0.4, -0.2) is 35.7 Å². The highest BCUT2D eigenvalue weighted by Crippen LogP contribution is 1.97. The molecule has 1 rings (SSSR count). The number of amides is 3. The molecule has 0 unspecified atom stereocenters. The van der Waals surface area contributed by atoms with E-state index < -0.39 is 17.7 Å². The smallest absolute Gasteiger partial charge is 0.246 e. The molecule has 0 bridgehead atoms. The average Bonchev–Trinajstić information content (AvgIpc) is 2.03. The van der Waals surface area contributed by atoms with Crippen LogP contribution in [0.4, 0.5) is 0 Å². The highest BCUT2D eigenvalue weighted by Gasteiger charge is 2.25. The van der Waals surface area contributed by atoms with Gasteiger partial charge in [-0.15, -0.1) is 0 Å². The Labute approximate surface area is 74.1 Å². The van der Waals surface area contributed by atoms with Crippen molar-refractivity contribution in [2.24, 2.45) is 0 Å². The number of piperazine rings is 1. The van der Waals surface area contributed by atoms with Crippen molar-refractivity contribution in [1.29, 1.82) is 5.26 Å². The van der Waals surface area contributed by atoms with E-state index in [1.807, 2.05) is 0 Å². The zero-order valence-corrected chi connectivity index (χ0v) is 6.74. The van der Waals surface area contributed by atoms with Crippen molar-refractivity contribution < 1.29 is 14.4 Å². The van der Waals surface area contributed by atoms with Crippen molar-refractivity contribution in [2.45, 2.75) is 6.42 Å². The van der Waals surface area contributed by atoms with Gasteiger partial charge in [0.05, 0.1) is 6.07 Å². The number of imide groups is 1. The van der Waals surface area contributed by atoms with Crippen molar-refractivity contribution in [1.82, 2.24) is 10.2 Å². The van der Waals surface area contributed by atoms with E-state index in [2.05, 4.69) is 5.32 Å². The molecule has 68 valence electrons. The van der Waals surface area contributed by atoms with Gasteiger partial charge in [0.1, 0.15) is 19.5 Å². The lowest BCUT2D eigenvalue weighted by atomic mass is 10.3. The second-order valence-corrected chi connectivity index (χ2v) is 2.56. The van der Waals surface area contributed by atoms with E-state index in [-0.39, 0.29) is 19.5 Å². The molecule has 1 aliphatic rings. The van der Waals surface area contributed by atoms with Crippen LogP contribution in [0.2, 0.25) is 0 Å². The fraction of sp³-hybridized carbons (Fsp3) is 0.429. The number of hydrogen-bond donors (Lipinski definition) is 1. The lowest BCUT2D eigenvalue weighted by Crippen LogP contribution is -2.53. The predicted molar refractivity (Wildman–Crippen MR) is 40.0 cm³/mol. The third-order valence-corrected chi connectivity index (χ3v) is 1.53. The van der Waals surface area contributed by atoms with Crippen LogP contribution in [0.5, 0.6) is 0 Å². The Morgan fingerprint density at radius 1 is 1.46 bits per heavy atom. The Kier molecular flexibility index (Phi) is 2.59. The molecule has 1 heterocycles. The standard InChI is InChI=1S/C7H7N3O3/c8-2-1-7(13)10-3-5(11)9-6(12)4-10/h1,3-4H2,(H,9,11,12). The van der Waals surface area contributed by atoms with Gasteiger partial charge in [-0.25, -0.2) is 0 Å². The summed E-state index contributed by atoms with van der Waals surface area (Å²) < 4.78 is 0. The molecule has 0 spiro atoms. The Morgan fingerprint density at radius 3 is 2.46 bits per heavy atom. The van der Waals surface area contributed by atoms with Crippen molar-refractivity contribution in [2.75, 3.05) is 13.1 Å². The van der Waals surface area contributed by atoms with Crippen LogP contribution in [0.25, 0.3) is 0 Å². The van der Waals surface area contributed by atoms with E-state index in [1.54, 1.807) is 6.07 Å². The summed E-state index contributed by atoms with van der Waals surface area (Å²) in [6.07, 6.45) is -0.305. The van der Waals surface area contributed by atoms with Gasteiger partial charge in [0, 0.05) is 0 Å². The number of nitrogens with one attached hydrogen (secondary N) is 1. The highest BCUT2D eigenvalue weighted by atomic mass is 16.2. The largest absolute Gasteiger partial charge is 0.323 e. The molecule has 0 aliphatic carbocycles. The molecule has 0 aromatic carbocycles. The summed E-state index contributed by atoms with van der Waals surface area (Å²) in [5, 5.41) is 10.3. The van der Waals surface area contributed by atoms with E-state index in [4.69, 9.17) is 5.26 Å². The molecule has 0 aromatic rings. The molecule has 6 heteroatoms. The molecular formula is C7H7N3O3. The molecule has 0 atom stereocenters. The fourth-order valence-electron chi connectivity index (χ4n) is 0.993. The van der Waals surface area contributed by atoms with Crippen LogP contribution in [0.15, 0.2) is 0 Å². The van der Waals surface area contributed by atoms with Crippen molar-refractivity contribution in [3.05, 3.63) is 0 Å². The van der Waals surface area contributed by atoms with Crippen molar-refractivity contribution >= 4 is 17.7 Å². The van der Waals surface area contributed by atoms with E-state index in [0.29, 0.717) is 0 Å². The summed E-state index contributed by atoms with van der Waals surface area (Å²) in [5.41, 5.74) is 0. The molecule has 1 aliphatic heterocycles. The van der Waals surface area contributed by atoms with Gasteiger partial charge in [0.15, 0.2) is 0 Å². The Balaban J connectivity index is 2.61. The molecule has 0 saturated carbocycles. The van der Waals surface area contributed by atoms with Crippen LogP contribution in [-0.2, 0) is 14.4 Å². The van der Waals surface area contributed by atoms with Gasteiger partial charge in [-0.2, -0.15) is 5.26 Å². The molecule has 3 amide bonds. The zero-order chi connectivity index (χ0) is 9.84. The van der Waals surface area contributed by atoms with Gasteiger partial charge in [-0.3, -0.25) is 19.7 Å². The number of carbonyl (C=O) groups excluding carboxylic acids is 3. The summed E-state index contributed by atoms with van der Waals surface area (Å²) >= 11 is 0. The van der Waals surface area contributed by atoms with Gasteiger partial charge in [0.2, 0.25) is 17.7 Å². The topological polar surface area (TPSA) is 90.3 Å². The van der Waals surface area contributed by atoms with E-state index in [9.17, 15) is 14.4 Å². The molecule has 1 N–H and O–H groups in total. The minimum atomic E-state index is -0.512. The van der Waals surface area contributed by atoms with E-state index in [0.717, 1.165) is 4.90 Å². The third-order valence-electron chi connectivity index (χ3n) is 1.53. The normalized spacial score (nSPS) is 16.4. The number of nitriles is 1. The van der Waals surface area contributed by atoms with Crippen molar-refractivity contribution in [3.63, 3.8) is 0 Å². The van der Waals surface area contributed by atoms with Crippen LogP contribution in [0.1, 0.15) is 6.42 Å². The Morgan fingerprint density at radius 2 is 2.00 bits per heavy atom. The van der Waals surface area contributed by atoms with Crippen molar-refractivity contribution in [3.8, 4) is 6.07 Å². The van der Waals surface area contributed by atoms with Gasteiger partial charge in [0.25, 0.3) is 0 Å². The summed E-state index contributed by atoms with van der Waals surface area (Å²) in [6, 6.07) is 1.66. The lowest BCUT2D eigenvalue weighted by Gasteiger charge is -2.24. The maximum Gasteiger partial charge on any atom is 0.246 e. The summed E-state index contributed by atoms with van der Waals surface area (Å²) in [4.78, 5) is 33.7. The van der Waals surface area contributed by atoms with Crippen LogP contribution in [0.3, 0.4) is 0 Å². The monoisotopic (exact) mass is 181 g/mol. The summed E-state index contributed by atoms with van der Waals surface area (Å²) in [7, 11) is 0. The first kappa shape index (κ1) is 9.19. The molecule has 6 nitrogen and oxygen atoms in total. The molecule has 0 aromatic heterocycles. The molecular weight excluding hydrogens is 174 g/mol. The molecule has 1 saturated heterocycles. The van der Waals surface area contributed by atoms with Gasteiger partial charge in [-0.05, 0) is 0 Å². The summed E-state index contributed by atoms with van der Waals surface area (Å²) in [6.45, 7) is -0.293. The minimum Gasteiger partial charge on any atom is -0.323 e. The van der Waals surface area contributed by atoms with Gasteiger partial charge >= 0.3 is 0 Å². The maximum atomic E-state index is 11.1. The van der Waals surface area contributed by atoms with E-state index in [1.165, 1.54) is 0 Å². The average molecular weight is 181 g/mol. The third kappa shape index (κ3) is 2.27. The van der Waals surface area contributed by atoms with Crippen LogP contribution in [0, 0.1) is 11.3 Å². The predicted octanol–water partition coefficient (Wildman–Crippen LogP) is -1.61. The lowest BCUT2D eigenvalue weighted by molar-refractivity contribution is -0.144. The molecule has 13 heavy (non-hydrogen) atoms. The Bertz CT molecular complexity index is 289. The van der Waals surface area contributed by atoms with Gasteiger partial charge < -0.3 is 4.90 Å². The first-order chi connectivity index (χ1) is 6.13. The number of hydrogen-bond acceptors (Lipinski definition) is 4. The number of carbonyl (C=O) groups is 3. The zero-order valence-electron chi connectivity index (χ0n) is 6.74. The van der Waals surface area contributed by atoms with E-state index >= 15 is 0 Å². The molecule has 0 radical (unpaired) electrons. The van der Waals surface area contributed by atoms with Gasteiger partial charge in [-0.1, -0.05) is 0 Å². The fourth-order valence-corrected chi connectivity index (χ4v) is 0.993. The second-order valence-electron chi connectivity index (χ2n) is 2.56. The Hall–Kier alpha value is -1.90. The minimum absolute atomic E-state index is 0.147. The number of rotatable bonds is 1. The SMILES string of the molecule is N#CCC(=O)N1CC(=O)NC(=O)C1. The molecule has 1 fully saturated rings. The first-order valence-electron chi connectivity index (χ1n) is 3.61. The highest BCUT2D eigenvalue weighted by molar-refractivity contribution is 6.02. The van der Waals surface area contributed by atoms with Crippen LogP contribution < -0.4 is 5.32 Å². The quantitative estimate of drug-likeness (QED) is 0.492. The van der Waals surface area contributed by atoms with Crippen LogP contribution >= 0.6 is 0 Å². The first-order valence-corrected chi connectivity index (χ1v) is 3.61.